The zero-order valence-electron chi connectivity index (χ0n) is 13.9. The van der Waals surface area contributed by atoms with Gasteiger partial charge in [0, 0.05) is 23.9 Å². The molecule has 0 spiro atoms. The van der Waals surface area contributed by atoms with Gasteiger partial charge < -0.3 is 4.90 Å². The summed E-state index contributed by atoms with van der Waals surface area (Å²) in [6, 6.07) is 18.6. The highest BCUT2D eigenvalue weighted by Crippen LogP contribution is 2.22. The van der Waals surface area contributed by atoms with Crippen molar-refractivity contribution in [3.05, 3.63) is 66.5 Å². The minimum absolute atomic E-state index is 0.610. The number of benzene rings is 2. The molecule has 1 aromatic heterocycles. The number of aryl methyl sites for hydroxylation is 1. The molecule has 0 radical (unpaired) electrons. The van der Waals surface area contributed by atoms with Crippen LogP contribution in [0.25, 0.3) is 0 Å². The number of azo groups is 1. The molecule has 0 amide bonds. The van der Waals surface area contributed by atoms with Crippen LogP contribution in [-0.4, -0.2) is 16.7 Å². The number of aromatic nitrogens is 3. The van der Waals surface area contributed by atoms with Crippen LogP contribution in [0.4, 0.5) is 17.3 Å². The number of nitrogens with one attached hydrogen (secondary N) is 1. The number of anilines is 1. The predicted molar refractivity (Wildman–Crippen MR) is 93.5 cm³/mol. The third kappa shape index (κ3) is 3.84. The summed E-state index contributed by atoms with van der Waals surface area (Å²) >= 11 is 0. The fourth-order valence-corrected chi connectivity index (χ4v) is 2.42. The summed E-state index contributed by atoms with van der Waals surface area (Å²) in [5, 5.41) is 15.1. The molecule has 0 unspecified atom stereocenters. The van der Waals surface area contributed by atoms with Crippen molar-refractivity contribution in [1.82, 2.24) is 10.2 Å². The Kier molecular flexibility index (Phi) is 4.96. The number of rotatable bonds is 6. The van der Waals surface area contributed by atoms with Crippen LogP contribution in [0, 0.1) is 0 Å². The van der Waals surface area contributed by atoms with Gasteiger partial charge in [-0.2, -0.15) is 0 Å². The molecule has 0 bridgehead atoms. The maximum absolute atomic E-state index is 4.23. The van der Waals surface area contributed by atoms with Gasteiger partial charge in [0.25, 0.3) is 0 Å². The summed E-state index contributed by atoms with van der Waals surface area (Å²) < 4.78 is 1.77. The van der Waals surface area contributed by atoms with E-state index >= 15 is 0 Å². The Morgan fingerprint density at radius 1 is 1.04 bits per heavy atom. The molecule has 0 saturated heterocycles. The van der Waals surface area contributed by atoms with E-state index < -0.39 is 0 Å². The molecule has 0 atom stereocenters. The van der Waals surface area contributed by atoms with E-state index in [-0.39, 0.29) is 0 Å². The van der Waals surface area contributed by atoms with Crippen LogP contribution in [0.5, 0.6) is 0 Å². The Morgan fingerprint density at radius 3 is 2.42 bits per heavy atom. The summed E-state index contributed by atoms with van der Waals surface area (Å²) in [4.78, 5) is 2.32. The van der Waals surface area contributed by atoms with Gasteiger partial charge in [0.1, 0.15) is 0 Å². The van der Waals surface area contributed by atoms with E-state index in [1.165, 1.54) is 11.3 Å². The SMILES string of the molecule is CCN(Cc1ccccc1)c1ccc(N=Nc2[nH]nc[n+]2C)cc1. The second kappa shape index (κ2) is 7.50. The summed E-state index contributed by atoms with van der Waals surface area (Å²) in [5.74, 6) is 0.610. The van der Waals surface area contributed by atoms with Crippen LogP contribution in [0.15, 0.2) is 71.2 Å². The molecule has 6 nitrogen and oxygen atoms in total. The van der Waals surface area contributed by atoms with Gasteiger partial charge in [0.05, 0.1) is 12.7 Å². The van der Waals surface area contributed by atoms with E-state index in [9.17, 15) is 0 Å². The fraction of sp³-hybridized carbons (Fsp3) is 0.222. The molecule has 0 fully saturated rings. The smallest absolute Gasteiger partial charge is 0.367 e. The van der Waals surface area contributed by atoms with E-state index in [1.807, 2.05) is 25.2 Å². The van der Waals surface area contributed by atoms with Gasteiger partial charge in [-0.15, -0.1) is 5.10 Å². The monoisotopic (exact) mass is 321 g/mol. The Morgan fingerprint density at radius 2 is 1.79 bits per heavy atom. The first-order chi connectivity index (χ1) is 11.8. The quantitative estimate of drug-likeness (QED) is 0.556. The first-order valence-corrected chi connectivity index (χ1v) is 7.96. The Hall–Kier alpha value is -3.02. The Bertz CT molecular complexity index is 792. The molecule has 3 aromatic rings. The molecular formula is C18H21N6+. The van der Waals surface area contributed by atoms with E-state index in [1.54, 1.807) is 10.9 Å². The molecular weight excluding hydrogens is 300 g/mol. The maximum Gasteiger partial charge on any atom is 0.401 e. The molecule has 0 aliphatic carbocycles. The van der Waals surface area contributed by atoms with Crippen molar-refractivity contribution in [1.29, 1.82) is 0 Å². The fourth-order valence-electron chi connectivity index (χ4n) is 2.42. The zero-order chi connectivity index (χ0) is 16.8. The minimum atomic E-state index is 0.610. The highest BCUT2D eigenvalue weighted by molar-refractivity contribution is 5.53. The van der Waals surface area contributed by atoms with Gasteiger partial charge in [0.15, 0.2) is 0 Å². The van der Waals surface area contributed by atoms with Gasteiger partial charge >= 0.3 is 5.95 Å². The van der Waals surface area contributed by atoms with E-state index in [0.717, 1.165) is 18.8 Å². The number of hydrogen-bond acceptors (Lipinski definition) is 4. The van der Waals surface area contributed by atoms with Gasteiger partial charge in [-0.05, 0) is 41.9 Å². The van der Waals surface area contributed by atoms with Crippen molar-refractivity contribution < 1.29 is 4.57 Å². The second-order valence-corrected chi connectivity index (χ2v) is 5.51. The van der Waals surface area contributed by atoms with E-state index in [2.05, 4.69) is 68.6 Å². The lowest BCUT2D eigenvalue weighted by molar-refractivity contribution is -0.658. The lowest BCUT2D eigenvalue weighted by Gasteiger charge is -2.23. The maximum atomic E-state index is 4.23. The summed E-state index contributed by atoms with van der Waals surface area (Å²) in [5.41, 5.74) is 3.28. The van der Waals surface area contributed by atoms with Crippen LogP contribution >= 0.6 is 0 Å². The predicted octanol–water partition coefficient (Wildman–Crippen LogP) is 3.68. The molecule has 1 heterocycles. The number of H-pyrrole nitrogens is 1. The Labute approximate surface area is 141 Å². The van der Waals surface area contributed by atoms with Crippen LogP contribution in [-0.2, 0) is 13.6 Å². The van der Waals surface area contributed by atoms with Crippen molar-refractivity contribution >= 4 is 17.3 Å². The lowest BCUT2D eigenvalue weighted by atomic mass is 10.2. The van der Waals surface area contributed by atoms with Crippen molar-refractivity contribution in [3.63, 3.8) is 0 Å². The second-order valence-electron chi connectivity index (χ2n) is 5.51. The highest BCUT2D eigenvalue weighted by Gasteiger charge is 2.07. The van der Waals surface area contributed by atoms with E-state index in [4.69, 9.17) is 0 Å². The third-order valence-corrected chi connectivity index (χ3v) is 3.80. The molecule has 0 aliphatic heterocycles. The lowest BCUT2D eigenvalue weighted by Crippen LogP contribution is -2.24. The van der Waals surface area contributed by atoms with Crippen LogP contribution in [0.2, 0.25) is 0 Å². The summed E-state index contributed by atoms with van der Waals surface area (Å²) in [6.07, 6.45) is 1.65. The molecule has 24 heavy (non-hydrogen) atoms. The largest absolute Gasteiger partial charge is 0.401 e. The normalized spacial score (nSPS) is 11.1. The van der Waals surface area contributed by atoms with E-state index in [0.29, 0.717) is 5.95 Å². The summed E-state index contributed by atoms with van der Waals surface area (Å²) in [7, 11) is 1.86. The number of aromatic amines is 1. The minimum Gasteiger partial charge on any atom is -0.367 e. The average Bonchev–Trinajstić information content (AvgIpc) is 3.04. The van der Waals surface area contributed by atoms with Crippen molar-refractivity contribution in [2.24, 2.45) is 17.3 Å². The number of hydrogen-bond donors (Lipinski definition) is 1. The molecule has 122 valence electrons. The zero-order valence-corrected chi connectivity index (χ0v) is 13.9. The molecule has 6 heteroatoms. The van der Waals surface area contributed by atoms with Gasteiger partial charge in [-0.1, -0.05) is 35.4 Å². The molecule has 0 aliphatic rings. The average molecular weight is 321 g/mol. The van der Waals surface area contributed by atoms with Gasteiger partial charge in [-0.3, -0.25) is 0 Å². The van der Waals surface area contributed by atoms with Gasteiger partial charge in [-0.25, -0.2) is 4.57 Å². The number of nitrogens with zero attached hydrogens (tertiary/aromatic N) is 5. The molecule has 3 rings (SSSR count). The van der Waals surface area contributed by atoms with Crippen LogP contribution in [0.1, 0.15) is 12.5 Å². The van der Waals surface area contributed by atoms with Crippen molar-refractivity contribution in [2.45, 2.75) is 13.5 Å². The highest BCUT2D eigenvalue weighted by atomic mass is 15.3. The molecule has 1 N–H and O–H groups in total. The molecule has 2 aromatic carbocycles. The topological polar surface area (TPSA) is 60.5 Å². The molecule has 0 saturated carbocycles. The van der Waals surface area contributed by atoms with Crippen molar-refractivity contribution in [3.8, 4) is 0 Å². The van der Waals surface area contributed by atoms with Gasteiger partial charge in [0.2, 0.25) is 6.33 Å². The standard InChI is InChI=1S/C18H20N6/c1-3-24(13-15-7-5-4-6-8-15)17-11-9-16(10-12-17)20-22-18-21-19-14-23(18)2/h4-12,14H,3,13H2,1-2H3/p+1. The first-order valence-electron chi connectivity index (χ1n) is 7.96. The van der Waals surface area contributed by atoms with Crippen molar-refractivity contribution in [2.75, 3.05) is 11.4 Å². The first kappa shape index (κ1) is 15.9. The summed E-state index contributed by atoms with van der Waals surface area (Å²) in [6.45, 7) is 4.00. The third-order valence-electron chi connectivity index (χ3n) is 3.80. The van der Waals surface area contributed by atoms with Crippen LogP contribution in [0.3, 0.4) is 0 Å². The van der Waals surface area contributed by atoms with Crippen LogP contribution < -0.4 is 9.47 Å². The Balaban J connectivity index is 1.71.